The van der Waals surface area contributed by atoms with Crippen molar-refractivity contribution in [1.29, 1.82) is 0 Å². The van der Waals surface area contributed by atoms with Crippen molar-refractivity contribution in [2.24, 2.45) is 0 Å². The summed E-state index contributed by atoms with van der Waals surface area (Å²) < 4.78 is 0.947. The molecule has 1 aromatic rings. The SMILES string of the molecule is C#CCN(CC(=O)O)C(=O)NCc1ccc(Br)cc1. The van der Waals surface area contributed by atoms with Crippen LogP contribution in [0.1, 0.15) is 5.56 Å². The van der Waals surface area contributed by atoms with Gasteiger partial charge in [0.2, 0.25) is 0 Å². The Morgan fingerprint density at radius 3 is 2.53 bits per heavy atom. The van der Waals surface area contributed by atoms with Crippen molar-refractivity contribution in [3.05, 3.63) is 34.3 Å². The van der Waals surface area contributed by atoms with Crippen LogP contribution in [0.15, 0.2) is 28.7 Å². The molecule has 100 valence electrons. The van der Waals surface area contributed by atoms with Gasteiger partial charge < -0.3 is 15.3 Å². The van der Waals surface area contributed by atoms with Gasteiger partial charge >= 0.3 is 12.0 Å². The fourth-order valence-electron chi connectivity index (χ4n) is 1.36. The summed E-state index contributed by atoms with van der Waals surface area (Å²) in [4.78, 5) is 23.4. The number of benzene rings is 1. The molecule has 0 heterocycles. The van der Waals surface area contributed by atoms with E-state index in [1.165, 1.54) is 0 Å². The first kappa shape index (κ1) is 15.1. The van der Waals surface area contributed by atoms with Crippen molar-refractivity contribution in [1.82, 2.24) is 10.2 Å². The molecule has 2 N–H and O–H groups in total. The minimum atomic E-state index is -1.10. The highest BCUT2D eigenvalue weighted by Crippen LogP contribution is 2.10. The molecule has 0 aliphatic carbocycles. The third-order valence-electron chi connectivity index (χ3n) is 2.25. The summed E-state index contributed by atoms with van der Waals surface area (Å²) in [5.41, 5.74) is 0.910. The Kier molecular flexibility index (Phi) is 5.90. The maximum Gasteiger partial charge on any atom is 0.323 e. The highest BCUT2D eigenvalue weighted by molar-refractivity contribution is 9.10. The van der Waals surface area contributed by atoms with Gasteiger partial charge in [-0.05, 0) is 17.7 Å². The molecule has 0 saturated carbocycles. The lowest BCUT2D eigenvalue weighted by Crippen LogP contribution is -2.42. The molecule has 0 saturated heterocycles. The topological polar surface area (TPSA) is 69.6 Å². The Morgan fingerprint density at radius 1 is 1.37 bits per heavy atom. The maximum absolute atomic E-state index is 11.8. The molecule has 2 amide bonds. The zero-order valence-electron chi connectivity index (χ0n) is 10.1. The van der Waals surface area contributed by atoms with Gasteiger partial charge in [-0.15, -0.1) is 6.42 Å². The molecule has 19 heavy (non-hydrogen) atoms. The maximum atomic E-state index is 11.8. The predicted octanol–water partition coefficient (Wildman–Crippen LogP) is 1.68. The summed E-state index contributed by atoms with van der Waals surface area (Å²) in [5, 5.41) is 11.3. The average molecular weight is 325 g/mol. The minimum Gasteiger partial charge on any atom is -0.480 e. The zero-order valence-corrected chi connectivity index (χ0v) is 11.7. The molecular weight excluding hydrogens is 312 g/mol. The first-order valence-corrected chi connectivity index (χ1v) is 6.24. The molecule has 0 atom stereocenters. The Labute approximate surface area is 119 Å². The van der Waals surface area contributed by atoms with Crippen LogP contribution in [0.5, 0.6) is 0 Å². The Bertz CT molecular complexity index is 494. The van der Waals surface area contributed by atoms with Gasteiger partial charge in [-0.25, -0.2) is 4.79 Å². The molecule has 0 aromatic heterocycles. The highest BCUT2D eigenvalue weighted by atomic mass is 79.9. The summed E-state index contributed by atoms with van der Waals surface area (Å²) in [6.45, 7) is -0.151. The van der Waals surface area contributed by atoms with Gasteiger partial charge in [0.1, 0.15) is 6.54 Å². The Morgan fingerprint density at radius 2 is 2.00 bits per heavy atom. The van der Waals surface area contributed by atoms with Crippen molar-refractivity contribution in [3.63, 3.8) is 0 Å². The lowest BCUT2D eigenvalue weighted by atomic mass is 10.2. The fourth-order valence-corrected chi connectivity index (χ4v) is 1.63. The van der Waals surface area contributed by atoms with E-state index in [-0.39, 0.29) is 6.54 Å². The van der Waals surface area contributed by atoms with Crippen molar-refractivity contribution in [2.45, 2.75) is 6.54 Å². The second-order valence-electron chi connectivity index (χ2n) is 3.74. The van der Waals surface area contributed by atoms with E-state index < -0.39 is 18.5 Å². The van der Waals surface area contributed by atoms with Gasteiger partial charge in [0, 0.05) is 11.0 Å². The summed E-state index contributed by atoms with van der Waals surface area (Å²) >= 11 is 3.31. The normalized spacial score (nSPS) is 9.47. The lowest BCUT2D eigenvalue weighted by Gasteiger charge is -2.18. The minimum absolute atomic E-state index is 0.0432. The number of carboxylic acid groups (broad SMARTS) is 1. The molecule has 6 heteroatoms. The molecule has 0 aliphatic rings. The molecule has 0 aliphatic heterocycles. The summed E-state index contributed by atoms with van der Waals surface area (Å²) in [6.07, 6.45) is 5.10. The van der Waals surface area contributed by atoms with Crippen LogP contribution in [0.25, 0.3) is 0 Å². The number of hydrogen-bond donors (Lipinski definition) is 2. The standard InChI is InChI=1S/C13H13BrN2O3/c1-2-7-16(9-12(17)18)13(19)15-8-10-3-5-11(14)6-4-10/h1,3-6H,7-9H2,(H,15,19)(H,17,18). The van der Waals surface area contributed by atoms with Crippen molar-refractivity contribution in [2.75, 3.05) is 13.1 Å². The number of halogens is 1. The average Bonchev–Trinajstić information content (AvgIpc) is 2.37. The number of terminal acetylenes is 1. The predicted molar refractivity (Wildman–Crippen MR) is 74.4 cm³/mol. The first-order chi connectivity index (χ1) is 9.02. The van der Waals surface area contributed by atoms with Crippen LogP contribution in [0.2, 0.25) is 0 Å². The number of carbonyl (C=O) groups is 2. The molecule has 5 nitrogen and oxygen atoms in total. The number of amides is 2. The largest absolute Gasteiger partial charge is 0.480 e. The van der Waals surface area contributed by atoms with Crippen LogP contribution in [0.4, 0.5) is 4.79 Å². The van der Waals surface area contributed by atoms with E-state index in [4.69, 9.17) is 11.5 Å². The van der Waals surface area contributed by atoms with Crippen LogP contribution in [-0.4, -0.2) is 35.1 Å². The Balaban J connectivity index is 2.54. The number of aliphatic carboxylic acids is 1. The van der Waals surface area contributed by atoms with Gasteiger partial charge in [-0.1, -0.05) is 34.0 Å². The van der Waals surface area contributed by atoms with Gasteiger partial charge in [-0.2, -0.15) is 0 Å². The van der Waals surface area contributed by atoms with Crippen molar-refractivity contribution >= 4 is 27.9 Å². The molecular formula is C13H13BrN2O3. The summed E-state index contributed by atoms with van der Waals surface area (Å²) in [7, 11) is 0. The van der Waals surface area contributed by atoms with E-state index in [9.17, 15) is 9.59 Å². The first-order valence-electron chi connectivity index (χ1n) is 5.45. The third kappa shape index (κ3) is 5.44. The van der Waals surface area contributed by atoms with E-state index in [0.29, 0.717) is 6.54 Å². The third-order valence-corrected chi connectivity index (χ3v) is 2.78. The molecule has 0 spiro atoms. The molecule has 0 unspecified atom stereocenters. The number of nitrogens with zero attached hydrogens (tertiary/aromatic N) is 1. The lowest BCUT2D eigenvalue weighted by molar-refractivity contribution is -0.137. The van der Waals surface area contributed by atoms with Gasteiger partial charge in [0.05, 0.1) is 6.54 Å². The molecule has 0 radical (unpaired) electrons. The quantitative estimate of drug-likeness (QED) is 0.809. The smallest absolute Gasteiger partial charge is 0.323 e. The van der Waals surface area contributed by atoms with Crippen LogP contribution >= 0.6 is 15.9 Å². The van der Waals surface area contributed by atoms with Gasteiger partial charge in [0.15, 0.2) is 0 Å². The number of rotatable bonds is 5. The van der Waals surface area contributed by atoms with Crippen LogP contribution in [-0.2, 0) is 11.3 Å². The van der Waals surface area contributed by atoms with E-state index in [2.05, 4.69) is 27.2 Å². The van der Waals surface area contributed by atoms with Gasteiger partial charge in [-0.3, -0.25) is 4.79 Å². The highest BCUT2D eigenvalue weighted by Gasteiger charge is 2.14. The van der Waals surface area contributed by atoms with Crippen molar-refractivity contribution < 1.29 is 14.7 Å². The van der Waals surface area contributed by atoms with Crippen LogP contribution in [0, 0.1) is 12.3 Å². The summed E-state index contributed by atoms with van der Waals surface area (Å²) in [5.74, 6) is 1.15. The second-order valence-corrected chi connectivity index (χ2v) is 4.65. The van der Waals surface area contributed by atoms with E-state index in [0.717, 1.165) is 14.9 Å². The zero-order chi connectivity index (χ0) is 14.3. The number of nitrogens with one attached hydrogen (secondary N) is 1. The van der Waals surface area contributed by atoms with E-state index in [1.54, 1.807) is 0 Å². The van der Waals surface area contributed by atoms with Gasteiger partial charge in [0.25, 0.3) is 0 Å². The van der Waals surface area contributed by atoms with E-state index >= 15 is 0 Å². The molecule has 1 aromatic carbocycles. The van der Waals surface area contributed by atoms with Crippen LogP contribution < -0.4 is 5.32 Å². The molecule has 1 rings (SSSR count). The van der Waals surface area contributed by atoms with Crippen molar-refractivity contribution in [3.8, 4) is 12.3 Å². The molecule has 0 bridgehead atoms. The molecule has 0 fully saturated rings. The number of carboxylic acids is 1. The van der Waals surface area contributed by atoms with Crippen LogP contribution in [0.3, 0.4) is 0 Å². The fraction of sp³-hybridized carbons (Fsp3) is 0.231. The number of hydrogen-bond acceptors (Lipinski definition) is 2. The summed E-state index contributed by atoms with van der Waals surface area (Å²) in [6, 6.07) is 6.93. The van der Waals surface area contributed by atoms with E-state index in [1.807, 2.05) is 24.3 Å². The number of carbonyl (C=O) groups excluding carboxylic acids is 1. The Hall–Kier alpha value is -2.00. The monoisotopic (exact) mass is 324 g/mol. The number of urea groups is 1. The second kappa shape index (κ2) is 7.44.